The van der Waals surface area contributed by atoms with Crippen LogP contribution in [0, 0.1) is 29.6 Å². The normalized spacial score (nSPS) is 28.5. The highest BCUT2D eigenvalue weighted by atomic mass is 16.2. The van der Waals surface area contributed by atoms with Crippen LogP contribution in [0.15, 0.2) is 0 Å². The minimum absolute atomic E-state index is 0.0883. The Kier molecular flexibility index (Phi) is 5.51. The molecule has 0 N–H and O–H groups in total. The molecule has 3 aliphatic rings. The van der Waals surface area contributed by atoms with Gasteiger partial charge in [-0.2, -0.15) is 0 Å². The van der Waals surface area contributed by atoms with Crippen LogP contribution in [0.5, 0.6) is 0 Å². The van der Waals surface area contributed by atoms with Crippen LogP contribution in [0.1, 0.15) is 59.3 Å². The molecular weight excluding hydrogens is 300 g/mol. The molecule has 2 atom stereocenters. The Labute approximate surface area is 146 Å². The maximum atomic E-state index is 12.4. The number of hydrogen-bond acceptors (Lipinski definition) is 2. The van der Waals surface area contributed by atoms with E-state index in [4.69, 9.17) is 0 Å². The zero-order valence-corrected chi connectivity index (χ0v) is 15.6. The minimum Gasteiger partial charge on any atom is -0.342 e. The molecule has 1 aliphatic carbocycles. The molecule has 2 amide bonds. The van der Waals surface area contributed by atoms with Crippen LogP contribution in [-0.2, 0) is 9.59 Å². The lowest BCUT2D eigenvalue weighted by molar-refractivity contribution is -0.136. The van der Waals surface area contributed by atoms with Crippen molar-refractivity contribution < 1.29 is 9.59 Å². The first-order valence-electron chi connectivity index (χ1n) is 9.88. The molecule has 4 nitrogen and oxygen atoms in total. The SMILES string of the molecule is C[C](C1CCCN(C(=O)C(C)C)C1)C1CCCN(C(=O)C2CC2)C1. The van der Waals surface area contributed by atoms with E-state index in [1.165, 1.54) is 18.8 Å². The molecular formula is C20H33N2O2. The molecule has 2 heterocycles. The number of carbonyl (C=O) groups excluding carboxylic acids is 2. The molecule has 1 saturated carbocycles. The number of amides is 2. The summed E-state index contributed by atoms with van der Waals surface area (Å²) in [4.78, 5) is 28.9. The fourth-order valence-electron chi connectivity index (χ4n) is 4.38. The Morgan fingerprint density at radius 2 is 1.38 bits per heavy atom. The zero-order chi connectivity index (χ0) is 17.3. The van der Waals surface area contributed by atoms with Gasteiger partial charge in [0.25, 0.3) is 0 Å². The van der Waals surface area contributed by atoms with E-state index in [-0.39, 0.29) is 5.92 Å². The van der Waals surface area contributed by atoms with E-state index in [1.54, 1.807) is 0 Å². The zero-order valence-electron chi connectivity index (χ0n) is 15.6. The smallest absolute Gasteiger partial charge is 0.225 e. The summed E-state index contributed by atoms with van der Waals surface area (Å²) in [5.74, 6) is 3.69. The van der Waals surface area contributed by atoms with Gasteiger partial charge in [-0.3, -0.25) is 9.59 Å². The van der Waals surface area contributed by atoms with Crippen molar-refractivity contribution >= 4 is 11.8 Å². The average Bonchev–Trinajstić information content (AvgIpc) is 3.45. The third kappa shape index (κ3) is 3.94. The summed E-state index contributed by atoms with van der Waals surface area (Å²) in [6.07, 6.45) is 6.82. The topological polar surface area (TPSA) is 40.6 Å². The highest BCUT2D eigenvalue weighted by Gasteiger charge is 2.38. The number of likely N-dealkylation sites (tertiary alicyclic amines) is 2. The lowest BCUT2D eigenvalue weighted by Crippen LogP contribution is -2.47. The van der Waals surface area contributed by atoms with Crippen molar-refractivity contribution in [3.05, 3.63) is 5.92 Å². The summed E-state index contributed by atoms with van der Waals surface area (Å²) < 4.78 is 0. The first kappa shape index (κ1) is 17.8. The van der Waals surface area contributed by atoms with Gasteiger partial charge in [0, 0.05) is 38.0 Å². The van der Waals surface area contributed by atoms with E-state index < -0.39 is 0 Å². The van der Waals surface area contributed by atoms with Gasteiger partial charge < -0.3 is 9.80 Å². The Bertz CT molecular complexity index is 438. The van der Waals surface area contributed by atoms with Gasteiger partial charge in [-0.15, -0.1) is 0 Å². The summed E-state index contributed by atoms with van der Waals surface area (Å²) in [7, 11) is 0. The van der Waals surface area contributed by atoms with Crippen LogP contribution in [-0.4, -0.2) is 47.8 Å². The molecule has 0 spiro atoms. The molecule has 0 aromatic rings. The number of piperidine rings is 2. The van der Waals surface area contributed by atoms with Crippen LogP contribution in [0.2, 0.25) is 0 Å². The monoisotopic (exact) mass is 333 g/mol. The molecule has 0 aromatic carbocycles. The quantitative estimate of drug-likeness (QED) is 0.793. The van der Waals surface area contributed by atoms with Crippen molar-refractivity contribution in [1.29, 1.82) is 0 Å². The lowest BCUT2D eigenvalue weighted by atomic mass is 9.75. The van der Waals surface area contributed by atoms with E-state index in [2.05, 4.69) is 16.7 Å². The van der Waals surface area contributed by atoms with Crippen molar-refractivity contribution in [2.45, 2.75) is 59.3 Å². The van der Waals surface area contributed by atoms with Crippen LogP contribution in [0.3, 0.4) is 0 Å². The van der Waals surface area contributed by atoms with Crippen LogP contribution in [0.4, 0.5) is 0 Å². The van der Waals surface area contributed by atoms with Crippen LogP contribution < -0.4 is 0 Å². The number of carbonyl (C=O) groups is 2. The molecule has 0 aromatic heterocycles. The number of rotatable bonds is 4. The van der Waals surface area contributed by atoms with Crippen molar-refractivity contribution in [2.24, 2.45) is 23.7 Å². The second kappa shape index (κ2) is 7.45. The van der Waals surface area contributed by atoms with Gasteiger partial charge in [0.15, 0.2) is 0 Å². The van der Waals surface area contributed by atoms with E-state index in [0.29, 0.717) is 29.6 Å². The second-order valence-corrected chi connectivity index (χ2v) is 8.42. The maximum absolute atomic E-state index is 12.4. The standard InChI is InChI=1S/C20H33N2O2/c1-14(2)19(23)21-10-4-6-17(12-21)15(3)18-7-5-11-22(13-18)20(24)16-8-9-16/h14,16-18H,4-13H2,1-3H3. The first-order chi connectivity index (χ1) is 11.5. The van der Waals surface area contributed by atoms with Crippen molar-refractivity contribution in [1.82, 2.24) is 9.80 Å². The van der Waals surface area contributed by atoms with E-state index in [0.717, 1.165) is 51.9 Å². The highest BCUT2D eigenvalue weighted by Crippen LogP contribution is 2.37. The summed E-state index contributed by atoms with van der Waals surface area (Å²) >= 11 is 0. The van der Waals surface area contributed by atoms with Gasteiger partial charge in [0.2, 0.25) is 11.8 Å². The Morgan fingerprint density at radius 1 is 0.833 bits per heavy atom. The number of nitrogens with zero attached hydrogens (tertiary/aromatic N) is 2. The van der Waals surface area contributed by atoms with Gasteiger partial charge in [0.1, 0.15) is 0 Å². The Morgan fingerprint density at radius 3 is 1.92 bits per heavy atom. The summed E-state index contributed by atoms with van der Waals surface area (Å²) in [5.41, 5.74) is 0. The van der Waals surface area contributed by atoms with Crippen molar-refractivity contribution in [3.8, 4) is 0 Å². The predicted molar refractivity (Wildman–Crippen MR) is 95.1 cm³/mol. The average molecular weight is 333 g/mol. The first-order valence-corrected chi connectivity index (χ1v) is 9.88. The fraction of sp³-hybridized carbons (Fsp3) is 0.850. The molecule has 3 rings (SSSR count). The van der Waals surface area contributed by atoms with Gasteiger partial charge in [-0.05, 0) is 56.3 Å². The third-order valence-electron chi connectivity index (χ3n) is 6.17. The Balaban J connectivity index is 1.57. The maximum Gasteiger partial charge on any atom is 0.225 e. The largest absolute Gasteiger partial charge is 0.342 e. The van der Waals surface area contributed by atoms with Gasteiger partial charge in [0.05, 0.1) is 0 Å². The fourth-order valence-corrected chi connectivity index (χ4v) is 4.38. The van der Waals surface area contributed by atoms with Gasteiger partial charge >= 0.3 is 0 Å². The second-order valence-electron chi connectivity index (χ2n) is 8.42. The van der Waals surface area contributed by atoms with Gasteiger partial charge in [-0.25, -0.2) is 0 Å². The van der Waals surface area contributed by atoms with Crippen LogP contribution >= 0.6 is 0 Å². The molecule has 24 heavy (non-hydrogen) atoms. The summed E-state index contributed by atoms with van der Waals surface area (Å²) in [6.45, 7) is 9.92. The number of hydrogen-bond donors (Lipinski definition) is 0. The third-order valence-corrected chi connectivity index (χ3v) is 6.17. The molecule has 135 valence electrons. The Hall–Kier alpha value is -1.06. The van der Waals surface area contributed by atoms with E-state index in [1.807, 2.05) is 13.8 Å². The molecule has 4 heteroatoms. The van der Waals surface area contributed by atoms with Crippen LogP contribution in [0.25, 0.3) is 0 Å². The molecule has 2 saturated heterocycles. The summed E-state index contributed by atoms with van der Waals surface area (Å²) in [6, 6.07) is 0. The van der Waals surface area contributed by atoms with E-state index in [9.17, 15) is 9.59 Å². The molecule has 2 aliphatic heterocycles. The summed E-state index contributed by atoms with van der Waals surface area (Å²) in [5, 5.41) is 0. The van der Waals surface area contributed by atoms with E-state index >= 15 is 0 Å². The predicted octanol–water partition coefficient (Wildman–Crippen LogP) is 3.12. The molecule has 1 radical (unpaired) electrons. The van der Waals surface area contributed by atoms with Gasteiger partial charge in [-0.1, -0.05) is 20.8 Å². The lowest BCUT2D eigenvalue weighted by Gasteiger charge is -2.42. The van der Waals surface area contributed by atoms with Crippen molar-refractivity contribution in [3.63, 3.8) is 0 Å². The van der Waals surface area contributed by atoms with Crippen molar-refractivity contribution in [2.75, 3.05) is 26.2 Å². The molecule has 2 unspecified atom stereocenters. The minimum atomic E-state index is 0.0883. The molecule has 0 bridgehead atoms. The molecule has 3 fully saturated rings. The highest BCUT2D eigenvalue weighted by molar-refractivity contribution is 5.81.